The number of para-hydroxylation sites is 2. The number of fused-ring (bicyclic) bond motifs is 1. The Morgan fingerprint density at radius 1 is 1.06 bits per heavy atom. The van der Waals surface area contributed by atoms with Gasteiger partial charge in [0.05, 0.1) is 11.4 Å². The fraction of sp³-hybridized carbons (Fsp3) is 0.292. The van der Waals surface area contributed by atoms with Crippen molar-refractivity contribution < 1.29 is 9.21 Å². The highest BCUT2D eigenvalue weighted by atomic mass is 32.2. The Balaban J connectivity index is 1.17. The summed E-state index contributed by atoms with van der Waals surface area (Å²) < 4.78 is 5.64. The first-order valence-corrected chi connectivity index (χ1v) is 12.5. The van der Waals surface area contributed by atoms with Gasteiger partial charge in [-0.1, -0.05) is 67.4 Å². The molecule has 0 unspecified atom stereocenters. The van der Waals surface area contributed by atoms with E-state index in [0.717, 1.165) is 22.4 Å². The topological polar surface area (TPSA) is 68.0 Å². The maximum absolute atomic E-state index is 12.3. The third kappa shape index (κ3) is 4.83. The van der Waals surface area contributed by atoms with E-state index in [2.05, 4.69) is 39.6 Å². The van der Waals surface area contributed by atoms with E-state index < -0.39 is 0 Å². The van der Waals surface area contributed by atoms with Crippen LogP contribution in [0.4, 0.5) is 5.13 Å². The number of nitrogens with one attached hydrogen (secondary N) is 1. The Morgan fingerprint density at radius 2 is 1.87 bits per heavy atom. The van der Waals surface area contributed by atoms with E-state index in [1.54, 1.807) is 0 Å². The minimum atomic E-state index is -0.124. The third-order valence-corrected chi connectivity index (χ3v) is 7.22. The van der Waals surface area contributed by atoms with Crippen LogP contribution in [0.3, 0.4) is 0 Å². The fourth-order valence-corrected chi connectivity index (χ4v) is 5.40. The highest BCUT2D eigenvalue weighted by Gasteiger charge is 2.16. The van der Waals surface area contributed by atoms with Crippen molar-refractivity contribution in [2.45, 2.75) is 43.2 Å². The van der Waals surface area contributed by atoms with E-state index in [1.807, 2.05) is 29.6 Å². The van der Waals surface area contributed by atoms with E-state index >= 15 is 0 Å². The predicted molar refractivity (Wildman–Crippen MR) is 127 cm³/mol. The average molecular weight is 450 g/mol. The van der Waals surface area contributed by atoms with Crippen LogP contribution in [0.1, 0.15) is 43.6 Å². The van der Waals surface area contributed by atoms with Crippen molar-refractivity contribution in [2.75, 3.05) is 11.1 Å². The molecular weight excluding hydrogens is 426 g/mol. The van der Waals surface area contributed by atoms with Crippen LogP contribution in [-0.2, 0) is 4.79 Å². The number of aromatic nitrogens is 2. The first-order chi connectivity index (χ1) is 15.2. The van der Waals surface area contributed by atoms with Crippen LogP contribution in [0.25, 0.3) is 22.4 Å². The van der Waals surface area contributed by atoms with Crippen LogP contribution in [0.2, 0.25) is 0 Å². The molecule has 31 heavy (non-hydrogen) atoms. The molecular formula is C24H23N3O2S2. The molecule has 1 amide bonds. The number of amides is 1. The molecule has 158 valence electrons. The molecule has 1 aliphatic rings. The van der Waals surface area contributed by atoms with Crippen molar-refractivity contribution in [1.82, 2.24) is 9.97 Å². The summed E-state index contributed by atoms with van der Waals surface area (Å²) in [6, 6.07) is 16.3. The van der Waals surface area contributed by atoms with Crippen LogP contribution >= 0.6 is 23.1 Å². The number of carbonyl (C=O) groups excluding carboxylic acids is 1. The maximum Gasteiger partial charge on any atom is 0.257 e. The molecule has 1 fully saturated rings. The average Bonchev–Trinajstić information content (AvgIpc) is 3.45. The summed E-state index contributed by atoms with van der Waals surface area (Å²) in [5, 5.41) is 5.96. The van der Waals surface area contributed by atoms with Gasteiger partial charge in [0.25, 0.3) is 5.22 Å². The van der Waals surface area contributed by atoms with Gasteiger partial charge in [0.2, 0.25) is 5.91 Å². The second kappa shape index (κ2) is 9.24. The molecule has 0 radical (unpaired) electrons. The minimum Gasteiger partial charge on any atom is -0.431 e. The summed E-state index contributed by atoms with van der Waals surface area (Å²) in [5.41, 5.74) is 4.93. The van der Waals surface area contributed by atoms with Crippen LogP contribution in [0.15, 0.2) is 63.6 Å². The van der Waals surface area contributed by atoms with Crippen molar-refractivity contribution in [3.8, 4) is 11.3 Å². The number of nitrogens with zero attached hydrogens (tertiary/aromatic N) is 2. The van der Waals surface area contributed by atoms with Gasteiger partial charge in [-0.2, -0.15) is 0 Å². The molecule has 5 rings (SSSR count). The number of carbonyl (C=O) groups is 1. The summed E-state index contributed by atoms with van der Waals surface area (Å²) in [5.74, 6) is 0.797. The second-order valence-electron chi connectivity index (χ2n) is 7.78. The molecule has 1 N–H and O–H groups in total. The van der Waals surface area contributed by atoms with E-state index in [0.29, 0.717) is 16.3 Å². The number of thiazole rings is 1. The van der Waals surface area contributed by atoms with E-state index in [4.69, 9.17) is 4.42 Å². The highest BCUT2D eigenvalue weighted by Crippen LogP contribution is 2.34. The van der Waals surface area contributed by atoms with Crippen LogP contribution in [-0.4, -0.2) is 21.6 Å². The molecule has 0 spiro atoms. The Hall–Kier alpha value is -2.64. The Bertz CT molecular complexity index is 1140. The molecule has 2 aromatic carbocycles. The van der Waals surface area contributed by atoms with Gasteiger partial charge in [0, 0.05) is 10.9 Å². The standard InChI is InChI=1S/C24H23N3O2S2/c28-22(15-31-24-26-19-8-4-5-9-21(19)29-24)27-23-25-20(14-30-23)18-12-10-17(11-13-18)16-6-2-1-3-7-16/h4-5,8-14,16H,1-3,6-7,15H2,(H,25,27,28). The lowest BCUT2D eigenvalue weighted by Crippen LogP contribution is -2.13. The fourth-order valence-electron chi connectivity index (χ4n) is 4.02. The lowest BCUT2D eigenvalue weighted by Gasteiger charge is -2.22. The van der Waals surface area contributed by atoms with Gasteiger partial charge in [0.15, 0.2) is 10.7 Å². The van der Waals surface area contributed by atoms with Crippen molar-refractivity contribution in [3.63, 3.8) is 0 Å². The lowest BCUT2D eigenvalue weighted by molar-refractivity contribution is -0.113. The van der Waals surface area contributed by atoms with E-state index in [-0.39, 0.29) is 11.7 Å². The zero-order valence-electron chi connectivity index (χ0n) is 17.0. The predicted octanol–water partition coefficient (Wildman–Crippen LogP) is 6.73. The minimum absolute atomic E-state index is 0.124. The van der Waals surface area contributed by atoms with Gasteiger partial charge in [-0.05, 0) is 36.5 Å². The van der Waals surface area contributed by atoms with Crippen molar-refractivity contribution >= 4 is 45.2 Å². The Labute approximate surface area is 189 Å². The molecule has 5 nitrogen and oxygen atoms in total. The van der Waals surface area contributed by atoms with Crippen LogP contribution < -0.4 is 5.32 Å². The Morgan fingerprint density at radius 3 is 2.68 bits per heavy atom. The van der Waals surface area contributed by atoms with Crippen LogP contribution in [0.5, 0.6) is 0 Å². The lowest BCUT2D eigenvalue weighted by atomic mass is 9.84. The monoisotopic (exact) mass is 449 g/mol. The largest absolute Gasteiger partial charge is 0.431 e. The van der Waals surface area contributed by atoms with Crippen LogP contribution in [0, 0.1) is 0 Å². The molecule has 1 aliphatic carbocycles. The van der Waals surface area contributed by atoms with Gasteiger partial charge in [-0.25, -0.2) is 9.97 Å². The van der Waals surface area contributed by atoms with Crippen molar-refractivity contribution in [2.24, 2.45) is 0 Å². The Kier molecular flexibility index (Phi) is 6.04. The smallest absolute Gasteiger partial charge is 0.257 e. The number of hydrogen-bond acceptors (Lipinski definition) is 6. The van der Waals surface area contributed by atoms with E-state index in [9.17, 15) is 4.79 Å². The molecule has 2 aromatic heterocycles. The number of hydrogen-bond donors (Lipinski definition) is 1. The van der Waals surface area contributed by atoms with Gasteiger partial charge < -0.3 is 9.73 Å². The third-order valence-electron chi connectivity index (χ3n) is 5.63. The van der Waals surface area contributed by atoms with E-state index in [1.165, 1.54) is 60.8 Å². The van der Waals surface area contributed by atoms with Gasteiger partial charge in [-0.15, -0.1) is 11.3 Å². The van der Waals surface area contributed by atoms with Gasteiger partial charge in [0.1, 0.15) is 5.52 Å². The summed E-state index contributed by atoms with van der Waals surface area (Å²) in [4.78, 5) is 21.3. The molecule has 0 aliphatic heterocycles. The summed E-state index contributed by atoms with van der Waals surface area (Å²) in [6.45, 7) is 0. The van der Waals surface area contributed by atoms with Gasteiger partial charge >= 0.3 is 0 Å². The molecule has 4 aromatic rings. The maximum atomic E-state index is 12.3. The number of anilines is 1. The quantitative estimate of drug-likeness (QED) is 0.331. The SMILES string of the molecule is O=C(CSc1nc2ccccc2o1)Nc1nc(-c2ccc(C3CCCCC3)cc2)cs1. The zero-order valence-corrected chi connectivity index (χ0v) is 18.7. The number of oxazole rings is 1. The molecule has 0 saturated heterocycles. The molecule has 0 bridgehead atoms. The highest BCUT2D eigenvalue weighted by molar-refractivity contribution is 7.99. The molecule has 2 heterocycles. The summed E-state index contributed by atoms with van der Waals surface area (Å²) >= 11 is 2.72. The summed E-state index contributed by atoms with van der Waals surface area (Å²) in [6.07, 6.45) is 6.65. The molecule has 7 heteroatoms. The van der Waals surface area contributed by atoms with Crippen molar-refractivity contribution in [1.29, 1.82) is 0 Å². The second-order valence-corrected chi connectivity index (χ2v) is 9.56. The number of rotatable bonds is 6. The molecule has 0 atom stereocenters. The molecule has 1 saturated carbocycles. The normalized spacial score (nSPS) is 14.7. The number of thioether (sulfide) groups is 1. The summed E-state index contributed by atoms with van der Waals surface area (Å²) in [7, 11) is 0. The zero-order chi connectivity index (χ0) is 21.0. The first kappa shape index (κ1) is 20.3. The van der Waals surface area contributed by atoms with Gasteiger partial charge in [-0.3, -0.25) is 4.79 Å². The first-order valence-electron chi connectivity index (χ1n) is 10.6. The van der Waals surface area contributed by atoms with Crippen molar-refractivity contribution in [3.05, 3.63) is 59.5 Å². The number of benzene rings is 2.